The number of anilines is 2. The van der Waals surface area contributed by atoms with Crippen LogP contribution in [0, 0.1) is 0 Å². The van der Waals surface area contributed by atoms with Gasteiger partial charge in [0.2, 0.25) is 5.95 Å². The summed E-state index contributed by atoms with van der Waals surface area (Å²) in [6, 6.07) is 0.365. The van der Waals surface area contributed by atoms with E-state index in [2.05, 4.69) is 29.1 Å². The van der Waals surface area contributed by atoms with Crippen LogP contribution in [-0.2, 0) is 4.74 Å². The van der Waals surface area contributed by atoms with Crippen molar-refractivity contribution in [3.8, 4) is 5.75 Å². The van der Waals surface area contributed by atoms with Crippen LogP contribution in [-0.4, -0.2) is 36.3 Å². The summed E-state index contributed by atoms with van der Waals surface area (Å²) in [5.41, 5.74) is 5.63. The largest absolute Gasteiger partial charge is 0.486 e. The number of nitrogens with one attached hydrogen (secondary N) is 1. The van der Waals surface area contributed by atoms with Crippen LogP contribution >= 0.6 is 0 Å². The van der Waals surface area contributed by atoms with Crippen LogP contribution in [0.1, 0.15) is 33.1 Å². The van der Waals surface area contributed by atoms with Gasteiger partial charge in [-0.15, -0.1) is 0 Å². The van der Waals surface area contributed by atoms with E-state index in [4.69, 9.17) is 15.2 Å². The van der Waals surface area contributed by atoms with E-state index in [-0.39, 0.29) is 5.95 Å². The van der Waals surface area contributed by atoms with E-state index in [0.717, 1.165) is 19.3 Å². The van der Waals surface area contributed by atoms with E-state index in [9.17, 15) is 0 Å². The summed E-state index contributed by atoms with van der Waals surface area (Å²) in [4.78, 5) is 8.17. The molecule has 0 aliphatic rings. The third-order valence-corrected chi connectivity index (χ3v) is 2.79. The van der Waals surface area contributed by atoms with Crippen LogP contribution in [0.4, 0.5) is 11.8 Å². The van der Waals surface area contributed by atoms with Gasteiger partial charge in [0.25, 0.3) is 0 Å². The maximum atomic E-state index is 5.63. The molecule has 0 fully saturated rings. The number of methoxy groups -OCH3 is 1. The van der Waals surface area contributed by atoms with Gasteiger partial charge in [0.1, 0.15) is 6.61 Å². The Morgan fingerprint density at radius 2 is 2.16 bits per heavy atom. The fraction of sp³-hybridized carbons (Fsp3) is 0.692. The Hall–Kier alpha value is -1.56. The number of nitrogen functional groups attached to an aromatic ring is 1. The van der Waals surface area contributed by atoms with Gasteiger partial charge in [-0.05, 0) is 12.8 Å². The highest BCUT2D eigenvalue weighted by atomic mass is 16.5. The van der Waals surface area contributed by atoms with Gasteiger partial charge in [-0.2, -0.15) is 4.98 Å². The number of rotatable bonds is 9. The van der Waals surface area contributed by atoms with E-state index in [0.29, 0.717) is 30.8 Å². The van der Waals surface area contributed by atoms with Crippen LogP contribution in [0.3, 0.4) is 0 Å². The zero-order valence-corrected chi connectivity index (χ0v) is 12.0. The minimum Gasteiger partial charge on any atom is -0.486 e. The van der Waals surface area contributed by atoms with Crippen molar-refractivity contribution in [3.63, 3.8) is 0 Å². The summed E-state index contributed by atoms with van der Waals surface area (Å²) in [5.74, 6) is 1.51. The average molecular weight is 268 g/mol. The molecule has 0 spiro atoms. The number of nitrogens with two attached hydrogens (primary N) is 1. The number of hydrogen-bond acceptors (Lipinski definition) is 6. The first-order valence-electron chi connectivity index (χ1n) is 6.72. The predicted octanol–water partition coefficient (Wildman–Crippen LogP) is 2.07. The molecule has 6 nitrogen and oxygen atoms in total. The monoisotopic (exact) mass is 268 g/mol. The normalized spacial score (nSPS) is 12.2. The van der Waals surface area contributed by atoms with E-state index in [1.54, 1.807) is 13.3 Å². The van der Waals surface area contributed by atoms with Gasteiger partial charge in [0, 0.05) is 13.2 Å². The first-order valence-corrected chi connectivity index (χ1v) is 6.72. The van der Waals surface area contributed by atoms with E-state index >= 15 is 0 Å². The Labute approximate surface area is 114 Å². The first kappa shape index (κ1) is 15.5. The Morgan fingerprint density at radius 3 is 2.79 bits per heavy atom. The lowest BCUT2D eigenvalue weighted by atomic mass is 10.1. The van der Waals surface area contributed by atoms with Crippen molar-refractivity contribution in [2.24, 2.45) is 0 Å². The van der Waals surface area contributed by atoms with Crippen LogP contribution in [0.15, 0.2) is 6.20 Å². The third kappa shape index (κ3) is 5.30. The molecule has 1 aromatic heterocycles. The topological polar surface area (TPSA) is 82.3 Å². The first-order chi connectivity index (χ1) is 9.21. The van der Waals surface area contributed by atoms with Crippen molar-refractivity contribution in [3.05, 3.63) is 6.20 Å². The van der Waals surface area contributed by atoms with Crippen LogP contribution in [0.5, 0.6) is 5.75 Å². The Morgan fingerprint density at radius 1 is 1.37 bits per heavy atom. The molecule has 6 heteroatoms. The molecule has 0 radical (unpaired) electrons. The molecule has 0 aliphatic heterocycles. The summed E-state index contributed by atoms with van der Waals surface area (Å²) < 4.78 is 10.5. The zero-order chi connectivity index (χ0) is 14.1. The molecule has 1 aromatic rings. The molecule has 3 N–H and O–H groups in total. The van der Waals surface area contributed by atoms with Gasteiger partial charge in [-0.1, -0.05) is 20.3 Å². The fourth-order valence-corrected chi connectivity index (χ4v) is 1.75. The maximum Gasteiger partial charge on any atom is 0.222 e. The van der Waals surface area contributed by atoms with Crippen molar-refractivity contribution in [1.29, 1.82) is 0 Å². The second kappa shape index (κ2) is 8.53. The minimum atomic E-state index is 0.243. The Bertz CT molecular complexity index is 374. The van der Waals surface area contributed by atoms with Crippen LogP contribution in [0.2, 0.25) is 0 Å². The second-order valence-corrected chi connectivity index (χ2v) is 4.32. The molecular weight excluding hydrogens is 244 g/mol. The van der Waals surface area contributed by atoms with Crippen molar-refractivity contribution < 1.29 is 9.47 Å². The summed E-state index contributed by atoms with van der Waals surface area (Å²) in [7, 11) is 1.64. The van der Waals surface area contributed by atoms with Crippen molar-refractivity contribution in [2.75, 3.05) is 31.4 Å². The van der Waals surface area contributed by atoms with Gasteiger partial charge < -0.3 is 20.5 Å². The summed E-state index contributed by atoms with van der Waals surface area (Å²) in [6.45, 7) is 5.29. The van der Waals surface area contributed by atoms with Crippen LogP contribution < -0.4 is 15.8 Å². The van der Waals surface area contributed by atoms with E-state index < -0.39 is 0 Å². The molecule has 0 saturated heterocycles. The van der Waals surface area contributed by atoms with Crippen molar-refractivity contribution in [2.45, 2.75) is 39.2 Å². The molecule has 1 unspecified atom stereocenters. The van der Waals surface area contributed by atoms with Crippen molar-refractivity contribution >= 4 is 11.8 Å². The molecule has 0 bridgehead atoms. The lowest BCUT2D eigenvalue weighted by Crippen LogP contribution is -2.20. The van der Waals surface area contributed by atoms with Gasteiger partial charge in [0.15, 0.2) is 11.6 Å². The quantitative estimate of drug-likeness (QED) is 0.667. The highest BCUT2D eigenvalue weighted by molar-refractivity contribution is 5.51. The molecule has 0 saturated carbocycles. The van der Waals surface area contributed by atoms with Gasteiger partial charge in [-0.3, -0.25) is 0 Å². The molecule has 1 atom stereocenters. The lowest BCUT2D eigenvalue weighted by molar-refractivity contribution is 0.146. The smallest absolute Gasteiger partial charge is 0.222 e. The molecule has 19 heavy (non-hydrogen) atoms. The molecule has 108 valence electrons. The molecule has 0 aliphatic carbocycles. The number of hydrogen-bond donors (Lipinski definition) is 2. The Balaban J connectivity index is 2.74. The molecular formula is C13H24N4O2. The maximum absolute atomic E-state index is 5.63. The lowest BCUT2D eigenvalue weighted by Gasteiger charge is -2.19. The molecule has 1 heterocycles. The predicted molar refractivity (Wildman–Crippen MR) is 76.4 cm³/mol. The minimum absolute atomic E-state index is 0.243. The molecule has 0 amide bonds. The number of aromatic nitrogens is 2. The van der Waals surface area contributed by atoms with E-state index in [1.807, 2.05) is 0 Å². The number of nitrogens with zero attached hydrogens (tertiary/aromatic N) is 2. The standard InChI is InChI=1S/C13H24N4O2/c1-4-6-10(5-2)16-12-11(19-8-7-18-3)9-15-13(14)17-12/h9-10H,4-8H2,1-3H3,(H3,14,15,16,17). The number of ether oxygens (including phenoxy) is 2. The Kier molecular flexibility index (Phi) is 6.95. The summed E-state index contributed by atoms with van der Waals surface area (Å²) in [6.07, 6.45) is 4.82. The SMILES string of the molecule is CCCC(CC)Nc1nc(N)ncc1OCCOC. The van der Waals surface area contributed by atoms with E-state index in [1.165, 1.54) is 0 Å². The summed E-state index contributed by atoms with van der Waals surface area (Å²) >= 11 is 0. The van der Waals surface area contributed by atoms with Crippen molar-refractivity contribution in [1.82, 2.24) is 9.97 Å². The molecule has 0 aromatic carbocycles. The zero-order valence-electron chi connectivity index (χ0n) is 12.0. The summed E-state index contributed by atoms with van der Waals surface area (Å²) in [5, 5.41) is 3.37. The average Bonchev–Trinajstić information content (AvgIpc) is 2.41. The van der Waals surface area contributed by atoms with Crippen LogP contribution in [0.25, 0.3) is 0 Å². The highest BCUT2D eigenvalue weighted by Crippen LogP contribution is 2.23. The fourth-order valence-electron chi connectivity index (χ4n) is 1.75. The van der Waals surface area contributed by atoms with Gasteiger partial charge >= 0.3 is 0 Å². The highest BCUT2D eigenvalue weighted by Gasteiger charge is 2.12. The van der Waals surface area contributed by atoms with Gasteiger partial charge in [-0.25, -0.2) is 4.98 Å². The van der Waals surface area contributed by atoms with Gasteiger partial charge in [0.05, 0.1) is 12.8 Å². The third-order valence-electron chi connectivity index (χ3n) is 2.79. The second-order valence-electron chi connectivity index (χ2n) is 4.32. The molecule has 1 rings (SSSR count).